The lowest BCUT2D eigenvalue weighted by Crippen LogP contribution is -2.39. The average molecular weight is 260 g/mol. The molecule has 0 aliphatic carbocycles. The number of rotatable bonds is 6. The molecule has 1 aromatic carbocycles. The minimum Gasteiger partial charge on any atom is -0.319 e. The van der Waals surface area contributed by atoms with Crippen LogP contribution in [0.4, 0.5) is 0 Å². The molecule has 2 nitrogen and oxygen atoms in total. The van der Waals surface area contributed by atoms with E-state index in [1.54, 1.807) is 0 Å². The van der Waals surface area contributed by atoms with E-state index in [4.69, 9.17) is 0 Å². The fourth-order valence-corrected chi connectivity index (χ4v) is 3.18. The van der Waals surface area contributed by atoms with Crippen molar-refractivity contribution in [3.8, 4) is 0 Å². The molecule has 0 amide bonds. The highest BCUT2D eigenvalue weighted by Crippen LogP contribution is 2.16. The molecule has 0 aromatic heterocycles. The van der Waals surface area contributed by atoms with Crippen LogP contribution in [0.3, 0.4) is 0 Å². The van der Waals surface area contributed by atoms with Gasteiger partial charge in [-0.15, -0.1) is 0 Å². The molecule has 1 heterocycles. The second-order valence-corrected chi connectivity index (χ2v) is 5.96. The van der Waals surface area contributed by atoms with Crippen molar-refractivity contribution in [2.75, 3.05) is 33.2 Å². The molecule has 0 spiro atoms. The molecule has 0 bridgehead atoms. The molecule has 1 aliphatic rings. The molecular formula is C17H28N2. The minimum atomic E-state index is 0.859. The largest absolute Gasteiger partial charge is 0.319 e. The van der Waals surface area contributed by atoms with Gasteiger partial charge in [-0.25, -0.2) is 0 Å². The summed E-state index contributed by atoms with van der Waals surface area (Å²) in [6.07, 6.45) is 5.27. The highest BCUT2D eigenvalue weighted by atomic mass is 15.1. The van der Waals surface area contributed by atoms with Crippen LogP contribution in [0, 0.1) is 12.8 Å². The van der Waals surface area contributed by atoms with Gasteiger partial charge in [-0.1, -0.05) is 29.8 Å². The summed E-state index contributed by atoms with van der Waals surface area (Å²) in [5.41, 5.74) is 2.87. The predicted molar refractivity (Wildman–Crippen MR) is 82.6 cm³/mol. The molecule has 1 unspecified atom stereocenters. The molecular weight excluding hydrogens is 232 g/mol. The molecule has 1 saturated heterocycles. The maximum Gasteiger partial charge on any atom is 0.00218 e. The van der Waals surface area contributed by atoms with Crippen LogP contribution in [0.2, 0.25) is 0 Å². The average Bonchev–Trinajstić information content (AvgIpc) is 2.40. The van der Waals surface area contributed by atoms with Crippen molar-refractivity contribution < 1.29 is 0 Å². The Balaban J connectivity index is 1.70. The molecule has 2 rings (SSSR count). The van der Waals surface area contributed by atoms with Gasteiger partial charge in [0.25, 0.3) is 0 Å². The standard InChI is InChI=1S/C17H28N2/c1-15-6-3-7-16(12-15)8-4-10-19-11-5-9-17(14-19)13-18-2/h3,6-7,12,17-18H,4-5,8-11,13-14H2,1-2H3. The quantitative estimate of drug-likeness (QED) is 0.846. The first-order valence-electron chi connectivity index (χ1n) is 7.70. The van der Waals surface area contributed by atoms with Gasteiger partial charge in [0.05, 0.1) is 0 Å². The smallest absolute Gasteiger partial charge is 0.00218 e. The van der Waals surface area contributed by atoms with Crippen LogP contribution >= 0.6 is 0 Å². The van der Waals surface area contributed by atoms with E-state index in [0.29, 0.717) is 0 Å². The molecule has 0 radical (unpaired) electrons. The number of nitrogens with one attached hydrogen (secondary N) is 1. The van der Waals surface area contributed by atoms with Crippen LogP contribution in [0.5, 0.6) is 0 Å². The van der Waals surface area contributed by atoms with Gasteiger partial charge in [0.15, 0.2) is 0 Å². The molecule has 106 valence electrons. The zero-order chi connectivity index (χ0) is 13.5. The van der Waals surface area contributed by atoms with Gasteiger partial charge in [0.1, 0.15) is 0 Å². The van der Waals surface area contributed by atoms with Gasteiger partial charge in [-0.2, -0.15) is 0 Å². The second-order valence-electron chi connectivity index (χ2n) is 5.96. The van der Waals surface area contributed by atoms with Gasteiger partial charge in [0, 0.05) is 6.54 Å². The van der Waals surface area contributed by atoms with E-state index in [-0.39, 0.29) is 0 Å². The Kier molecular flexibility index (Phi) is 5.87. The number of piperidine rings is 1. The van der Waals surface area contributed by atoms with E-state index in [1.165, 1.54) is 63.0 Å². The highest BCUT2D eigenvalue weighted by molar-refractivity contribution is 5.22. The summed E-state index contributed by atoms with van der Waals surface area (Å²) in [5.74, 6) is 0.859. The topological polar surface area (TPSA) is 15.3 Å². The first-order valence-corrected chi connectivity index (χ1v) is 7.70. The predicted octanol–water partition coefficient (Wildman–Crippen LogP) is 2.86. The van der Waals surface area contributed by atoms with Gasteiger partial charge in [0.2, 0.25) is 0 Å². The molecule has 1 fully saturated rings. The van der Waals surface area contributed by atoms with Crippen molar-refractivity contribution in [1.29, 1.82) is 0 Å². The number of likely N-dealkylation sites (tertiary alicyclic amines) is 1. The molecule has 2 heteroatoms. The summed E-state index contributed by atoms with van der Waals surface area (Å²) in [5, 5.41) is 3.32. The summed E-state index contributed by atoms with van der Waals surface area (Å²) in [4.78, 5) is 2.65. The lowest BCUT2D eigenvalue weighted by atomic mass is 9.97. The fraction of sp³-hybridized carbons (Fsp3) is 0.647. The normalized spacial score (nSPS) is 20.6. The Bertz CT molecular complexity index is 373. The van der Waals surface area contributed by atoms with Crippen LogP contribution in [0.15, 0.2) is 24.3 Å². The molecule has 0 saturated carbocycles. The van der Waals surface area contributed by atoms with Gasteiger partial charge in [-0.3, -0.25) is 0 Å². The third-order valence-corrected chi connectivity index (χ3v) is 4.12. The van der Waals surface area contributed by atoms with Gasteiger partial charge < -0.3 is 10.2 Å². The van der Waals surface area contributed by atoms with Crippen molar-refractivity contribution in [3.05, 3.63) is 35.4 Å². The molecule has 19 heavy (non-hydrogen) atoms. The van der Waals surface area contributed by atoms with Crippen molar-refractivity contribution in [1.82, 2.24) is 10.2 Å². The Hall–Kier alpha value is -0.860. The van der Waals surface area contributed by atoms with Gasteiger partial charge in [-0.05, 0) is 70.8 Å². The summed E-state index contributed by atoms with van der Waals surface area (Å²) in [6.45, 7) is 7.20. The van der Waals surface area contributed by atoms with E-state index >= 15 is 0 Å². The van der Waals surface area contributed by atoms with E-state index in [0.717, 1.165) is 5.92 Å². The zero-order valence-corrected chi connectivity index (χ0v) is 12.5. The third-order valence-electron chi connectivity index (χ3n) is 4.12. The Morgan fingerprint density at radius 1 is 1.37 bits per heavy atom. The van der Waals surface area contributed by atoms with Crippen LogP contribution in [-0.2, 0) is 6.42 Å². The number of aryl methyl sites for hydroxylation is 2. The monoisotopic (exact) mass is 260 g/mol. The maximum absolute atomic E-state index is 3.32. The summed E-state index contributed by atoms with van der Waals surface area (Å²) in [6, 6.07) is 8.93. The summed E-state index contributed by atoms with van der Waals surface area (Å²) < 4.78 is 0. The molecule has 1 atom stereocenters. The van der Waals surface area contributed by atoms with Crippen LogP contribution < -0.4 is 5.32 Å². The fourth-order valence-electron chi connectivity index (χ4n) is 3.18. The molecule has 1 aromatic rings. The van der Waals surface area contributed by atoms with Crippen LogP contribution in [0.25, 0.3) is 0 Å². The third kappa shape index (κ3) is 4.96. The first kappa shape index (κ1) is 14.5. The minimum absolute atomic E-state index is 0.859. The SMILES string of the molecule is CNCC1CCCN(CCCc2cccc(C)c2)C1. The number of benzene rings is 1. The Morgan fingerprint density at radius 3 is 3.05 bits per heavy atom. The van der Waals surface area contributed by atoms with E-state index < -0.39 is 0 Å². The molecule has 1 N–H and O–H groups in total. The zero-order valence-electron chi connectivity index (χ0n) is 12.5. The lowest BCUT2D eigenvalue weighted by molar-refractivity contribution is 0.172. The summed E-state index contributed by atoms with van der Waals surface area (Å²) >= 11 is 0. The van der Waals surface area contributed by atoms with E-state index in [2.05, 4.69) is 48.5 Å². The van der Waals surface area contributed by atoms with Crippen molar-refractivity contribution in [2.45, 2.75) is 32.6 Å². The number of hydrogen-bond donors (Lipinski definition) is 1. The lowest BCUT2D eigenvalue weighted by Gasteiger charge is -2.32. The van der Waals surface area contributed by atoms with Gasteiger partial charge >= 0.3 is 0 Å². The maximum atomic E-state index is 3.32. The number of hydrogen-bond acceptors (Lipinski definition) is 2. The first-order chi connectivity index (χ1) is 9.28. The van der Waals surface area contributed by atoms with Crippen molar-refractivity contribution >= 4 is 0 Å². The van der Waals surface area contributed by atoms with Crippen LogP contribution in [0.1, 0.15) is 30.4 Å². The Labute approximate surface area is 118 Å². The summed E-state index contributed by atoms with van der Waals surface area (Å²) in [7, 11) is 2.07. The van der Waals surface area contributed by atoms with Crippen LogP contribution in [-0.4, -0.2) is 38.1 Å². The van der Waals surface area contributed by atoms with E-state index in [9.17, 15) is 0 Å². The number of nitrogens with zero attached hydrogens (tertiary/aromatic N) is 1. The second kappa shape index (κ2) is 7.66. The van der Waals surface area contributed by atoms with Crippen molar-refractivity contribution in [3.63, 3.8) is 0 Å². The van der Waals surface area contributed by atoms with Crippen molar-refractivity contribution in [2.24, 2.45) is 5.92 Å². The Morgan fingerprint density at radius 2 is 2.26 bits per heavy atom. The highest BCUT2D eigenvalue weighted by Gasteiger charge is 2.18. The molecule has 1 aliphatic heterocycles. The van der Waals surface area contributed by atoms with E-state index in [1.807, 2.05) is 0 Å².